The number of hydrogen-bond donors (Lipinski definition) is 1. The van der Waals surface area contributed by atoms with E-state index >= 15 is 0 Å². The summed E-state index contributed by atoms with van der Waals surface area (Å²) in [4.78, 5) is 4.51. The Bertz CT molecular complexity index is 1080. The molecule has 0 amide bonds. The first-order valence-electron chi connectivity index (χ1n) is 7.88. The largest absolute Gasteiger partial charge is 0.493 e. The lowest BCUT2D eigenvalue weighted by molar-refractivity contribution is 0.356. The van der Waals surface area contributed by atoms with Crippen LogP contribution < -0.4 is 10.5 Å². The minimum atomic E-state index is -3.76. The SMILES string of the molecule is NCCc1cn(S(=O)(=O)c2ccc3c(c2)CCO3)c2ccc(Cl)nc12. The monoisotopic (exact) mass is 377 g/mol. The lowest BCUT2D eigenvalue weighted by Gasteiger charge is -2.09. The molecule has 0 spiro atoms. The van der Waals surface area contributed by atoms with Gasteiger partial charge in [-0.25, -0.2) is 17.4 Å². The Morgan fingerprint density at radius 1 is 1.28 bits per heavy atom. The second kappa shape index (κ2) is 6.01. The third kappa shape index (κ3) is 2.68. The second-order valence-corrected chi connectivity index (χ2v) is 8.07. The summed E-state index contributed by atoms with van der Waals surface area (Å²) in [7, 11) is -3.76. The van der Waals surface area contributed by atoms with Crippen molar-refractivity contribution in [2.24, 2.45) is 5.73 Å². The summed E-state index contributed by atoms with van der Waals surface area (Å²) >= 11 is 5.98. The molecule has 0 fully saturated rings. The first kappa shape index (κ1) is 16.4. The minimum absolute atomic E-state index is 0.225. The van der Waals surface area contributed by atoms with Gasteiger partial charge in [-0.3, -0.25) is 0 Å². The summed E-state index contributed by atoms with van der Waals surface area (Å²) in [5.41, 5.74) is 8.36. The molecule has 0 unspecified atom stereocenters. The maximum atomic E-state index is 13.2. The molecule has 1 aromatic carbocycles. The molecule has 6 nitrogen and oxygen atoms in total. The van der Waals surface area contributed by atoms with Gasteiger partial charge in [-0.05, 0) is 54.4 Å². The molecule has 25 heavy (non-hydrogen) atoms. The van der Waals surface area contributed by atoms with E-state index in [1.54, 1.807) is 36.5 Å². The summed E-state index contributed by atoms with van der Waals surface area (Å²) in [6.07, 6.45) is 2.81. The summed E-state index contributed by atoms with van der Waals surface area (Å²) < 4.78 is 33.1. The Kier molecular flexibility index (Phi) is 3.94. The van der Waals surface area contributed by atoms with Gasteiger partial charge in [0.15, 0.2) is 0 Å². The standard InChI is InChI=1S/C17H16ClN3O3S/c18-16-4-2-14-17(20-16)12(5-7-19)10-21(14)25(22,23)13-1-3-15-11(9-13)6-8-24-15/h1-4,9-10H,5-8,19H2. The van der Waals surface area contributed by atoms with Crippen molar-refractivity contribution in [3.8, 4) is 5.75 Å². The van der Waals surface area contributed by atoms with Crippen LogP contribution in [0.4, 0.5) is 0 Å². The van der Waals surface area contributed by atoms with Crippen LogP contribution in [-0.4, -0.2) is 30.5 Å². The summed E-state index contributed by atoms with van der Waals surface area (Å²) in [6, 6.07) is 8.20. The minimum Gasteiger partial charge on any atom is -0.493 e. The number of aromatic nitrogens is 2. The van der Waals surface area contributed by atoms with Crippen molar-refractivity contribution >= 4 is 32.7 Å². The third-order valence-electron chi connectivity index (χ3n) is 4.29. The molecule has 0 atom stereocenters. The van der Waals surface area contributed by atoms with Crippen LogP contribution in [-0.2, 0) is 22.9 Å². The van der Waals surface area contributed by atoms with Crippen molar-refractivity contribution in [2.45, 2.75) is 17.7 Å². The van der Waals surface area contributed by atoms with Crippen molar-refractivity contribution in [2.75, 3.05) is 13.2 Å². The van der Waals surface area contributed by atoms with Gasteiger partial charge in [0.1, 0.15) is 10.9 Å². The van der Waals surface area contributed by atoms with Gasteiger partial charge in [-0.15, -0.1) is 0 Å². The number of fused-ring (bicyclic) bond motifs is 2. The van der Waals surface area contributed by atoms with Crippen LogP contribution in [0.25, 0.3) is 11.0 Å². The van der Waals surface area contributed by atoms with E-state index < -0.39 is 10.0 Å². The average Bonchev–Trinajstić information content (AvgIpc) is 3.19. The van der Waals surface area contributed by atoms with Crippen molar-refractivity contribution < 1.29 is 13.2 Å². The highest BCUT2D eigenvalue weighted by molar-refractivity contribution is 7.90. The van der Waals surface area contributed by atoms with E-state index in [-0.39, 0.29) is 4.90 Å². The highest BCUT2D eigenvalue weighted by atomic mass is 35.5. The molecule has 0 saturated carbocycles. The van der Waals surface area contributed by atoms with E-state index in [1.165, 1.54) is 3.97 Å². The fourth-order valence-electron chi connectivity index (χ4n) is 3.09. The van der Waals surface area contributed by atoms with Gasteiger partial charge in [0, 0.05) is 12.6 Å². The Hall–Kier alpha value is -2.09. The van der Waals surface area contributed by atoms with Gasteiger partial charge in [-0.1, -0.05) is 11.6 Å². The molecule has 3 aromatic rings. The van der Waals surface area contributed by atoms with Crippen LogP contribution >= 0.6 is 11.6 Å². The molecule has 1 aliphatic rings. The van der Waals surface area contributed by atoms with E-state index in [1.807, 2.05) is 0 Å². The quantitative estimate of drug-likeness (QED) is 0.705. The van der Waals surface area contributed by atoms with Crippen molar-refractivity contribution in [3.05, 3.63) is 52.8 Å². The Morgan fingerprint density at radius 2 is 2.12 bits per heavy atom. The zero-order valence-corrected chi connectivity index (χ0v) is 14.8. The van der Waals surface area contributed by atoms with Crippen LogP contribution in [0.3, 0.4) is 0 Å². The van der Waals surface area contributed by atoms with Gasteiger partial charge in [0.25, 0.3) is 10.0 Å². The molecule has 2 N–H and O–H groups in total. The first-order chi connectivity index (χ1) is 12.0. The van der Waals surface area contributed by atoms with Crippen molar-refractivity contribution in [1.82, 2.24) is 8.96 Å². The summed E-state index contributed by atoms with van der Waals surface area (Å²) in [5.74, 6) is 0.744. The maximum absolute atomic E-state index is 13.2. The van der Waals surface area contributed by atoms with Gasteiger partial charge in [0.2, 0.25) is 0 Å². The number of halogens is 1. The topological polar surface area (TPSA) is 87.2 Å². The maximum Gasteiger partial charge on any atom is 0.268 e. The predicted octanol–water partition coefficient (Wildman–Crippen LogP) is 2.36. The van der Waals surface area contributed by atoms with E-state index in [0.717, 1.165) is 16.9 Å². The number of nitrogens with two attached hydrogens (primary N) is 1. The van der Waals surface area contributed by atoms with Gasteiger partial charge < -0.3 is 10.5 Å². The highest BCUT2D eigenvalue weighted by Crippen LogP contribution is 2.31. The number of rotatable bonds is 4. The molecule has 4 rings (SSSR count). The molecule has 0 aliphatic carbocycles. The lowest BCUT2D eigenvalue weighted by atomic mass is 10.2. The van der Waals surface area contributed by atoms with Crippen LogP contribution in [0.1, 0.15) is 11.1 Å². The smallest absolute Gasteiger partial charge is 0.268 e. The van der Waals surface area contributed by atoms with Crippen molar-refractivity contribution in [1.29, 1.82) is 0 Å². The molecule has 3 heterocycles. The zero-order valence-electron chi connectivity index (χ0n) is 13.3. The van der Waals surface area contributed by atoms with Crippen molar-refractivity contribution in [3.63, 3.8) is 0 Å². The van der Waals surface area contributed by atoms with Crippen LogP contribution in [0.5, 0.6) is 5.75 Å². The molecule has 1 aliphatic heterocycles. The second-order valence-electron chi connectivity index (χ2n) is 5.86. The molecule has 130 valence electrons. The fraction of sp³-hybridized carbons (Fsp3) is 0.235. The number of pyridine rings is 1. The van der Waals surface area contributed by atoms with E-state index in [4.69, 9.17) is 22.1 Å². The Labute approximate surface area is 150 Å². The zero-order chi connectivity index (χ0) is 17.6. The molecule has 0 radical (unpaired) electrons. The lowest BCUT2D eigenvalue weighted by Crippen LogP contribution is -2.12. The Balaban J connectivity index is 1.91. The molecular weight excluding hydrogens is 362 g/mol. The highest BCUT2D eigenvalue weighted by Gasteiger charge is 2.24. The third-order valence-corrected chi connectivity index (χ3v) is 6.17. The number of nitrogens with zero attached hydrogens (tertiary/aromatic N) is 2. The summed E-state index contributed by atoms with van der Waals surface area (Å²) in [5, 5.41) is 0.315. The van der Waals surface area contributed by atoms with E-state index in [9.17, 15) is 8.42 Å². The van der Waals surface area contributed by atoms with Gasteiger partial charge in [0.05, 0.1) is 22.5 Å². The normalized spacial score (nSPS) is 13.8. The van der Waals surface area contributed by atoms with E-state index in [0.29, 0.717) is 42.2 Å². The first-order valence-corrected chi connectivity index (χ1v) is 9.70. The summed E-state index contributed by atoms with van der Waals surface area (Å²) in [6.45, 7) is 0.970. The Morgan fingerprint density at radius 3 is 2.92 bits per heavy atom. The molecule has 0 bridgehead atoms. The predicted molar refractivity (Wildman–Crippen MR) is 95.7 cm³/mol. The number of hydrogen-bond acceptors (Lipinski definition) is 5. The van der Waals surface area contributed by atoms with Gasteiger partial charge >= 0.3 is 0 Å². The average molecular weight is 378 g/mol. The van der Waals surface area contributed by atoms with Crippen LogP contribution in [0.15, 0.2) is 41.4 Å². The molecular formula is C17H16ClN3O3S. The molecule has 2 aromatic heterocycles. The van der Waals surface area contributed by atoms with E-state index in [2.05, 4.69) is 4.98 Å². The fourth-order valence-corrected chi connectivity index (χ4v) is 4.67. The molecule has 8 heteroatoms. The molecule has 0 saturated heterocycles. The van der Waals surface area contributed by atoms with Crippen LogP contribution in [0, 0.1) is 0 Å². The van der Waals surface area contributed by atoms with Gasteiger partial charge in [-0.2, -0.15) is 0 Å². The number of ether oxygens (including phenoxy) is 1. The van der Waals surface area contributed by atoms with Crippen LogP contribution in [0.2, 0.25) is 5.15 Å². The number of benzene rings is 1.